The molecule has 0 radical (unpaired) electrons. The van der Waals surface area contributed by atoms with Gasteiger partial charge < -0.3 is 65.0 Å². The third-order valence-electron chi connectivity index (χ3n) is 10.5. The van der Waals surface area contributed by atoms with E-state index in [1.165, 1.54) is 0 Å². The van der Waals surface area contributed by atoms with Crippen molar-refractivity contribution < 1.29 is 69.8 Å². The van der Waals surface area contributed by atoms with Crippen molar-refractivity contribution in [3.8, 4) is 34.5 Å². The minimum absolute atomic E-state index is 0.186. The van der Waals surface area contributed by atoms with E-state index in [2.05, 4.69) is 0 Å². The van der Waals surface area contributed by atoms with E-state index in [9.17, 15) is 4.79 Å². The standard InChI is InChI=1S/C49H44O15P2/c50-45(33-13-1-7-19-39(33)59-65(61-41-21-9-3-15-35(41)46-51-25-26-52-46)62-42-22-10-4-16-36(42)47-53-27-28-54-47)34-14-2-8-20-40(34)60-66(63-43-23-11-5-17-37(43)48-55-29-30-56-48)64-44-24-12-6-18-38(44)49-57-31-32-58-49/h1-24,46-49H,25-32H2. The molecule has 0 bridgehead atoms. The number of benzene rings is 6. The van der Waals surface area contributed by atoms with Gasteiger partial charge in [-0.2, -0.15) is 0 Å². The predicted octanol–water partition coefficient (Wildman–Crippen LogP) is 10.6. The van der Waals surface area contributed by atoms with Crippen LogP contribution in [0.25, 0.3) is 0 Å². The van der Waals surface area contributed by atoms with Gasteiger partial charge in [0, 0.05) is 0 Å². The molecule has 66 heavy (non-hydrogen) atoms. The van der Waals surface area contributed by atoms with Crippen molar-refractivity contribution in [1.29, 1.82) is 0 Å². The quantitative estimate of drug-likeness (QED) is 0.0594. The molecule has 0 aliphatic carbocycles. The van der Waals surface area contributed by atoms with Gasteiger partial charge in [-0.1, -0.05) is 97.1 Å². The summed E-state index contributed by atoms with van der Waals surface area (Å²) in [7, 11) is -4.67. The molecule has 0 spiro atoms. The first-order valence-corrected chi connectivity index (χ1v) is 23.5. The number of rotatable bonds is 18. The zero-order valence-electron chi connectivity index (χ0n) is 35.3. The molecular formula is C49H44O15P2. The van der Waals surface area contributed by atoms with E-state index in [-0.39, 0.29) is 22.6 Å². The van der Waals surface area contributed by atoms with Gasteiger partial charge in [-0.05, 0) is 48.5 Å². The summed E-state index contributed by atoms with van der Waals surface area (Å²) in [4.78, 5) is 15.0. The normalized spacial score (nSPS) is 17.1. The Kier molecular flexibility index (Phi) is 14.3. The topological polar surface area (TPSA) is 146 Å². The molecule has 4 fully saturated rings. The fourth-order valence-corrected chi connectivity index (χ4v) is 9.56. The highest BCUT2D eigenvalue weighted by molar-refractivity contribution is 7.43. The van der Waals surface area contributed by atoms with Crippen molar-refractivity contribution in [2.75, 3.05) is 52.9 Å². The molecule has 0 saturated carbocycles. The third kappa shape index (κ3) is 10.3. The Bertz CT molecular complexity index is 2280. The van der Waals surface area contributed by atoms with Crippen molar-refractivity contribution in [3.05, 3.63) is 179 Å². The molecule has 10 rings (SSSR count). The summed E-state index contributed by atoms with van der Waals surface area (Å²) in [5.41, 5.74) is 3.01. The van der Waals surface area contributed by atoms with E-state index in [1.54, 1.807) is 72.8 Å². The molecule has 4 saturated heterocycles. The van der Waals surface area contributed by atoms with Crippen molar-refractivity contribution in [1.82, 2.24) is 0 Å². The number of hydrogen-bond acceptors (Lipinski definition) is 15. The molecule has 0 atom stereocenters. The van der Waals surface area contributed by atoms with Crippen LogP contribution in [0.4, 0.5) is 0 Å². The molecule has 4 aliphatic rings. The lowest BCUT2D eigenvalue weighted by Gasteiger charge is -2.24. The van der Waals surface area contributed by atoms with Crippen molar-refractivity contribution >= 4 is 23.0 Å². The van der Waals surface area contributed by atoms with Gasteiger partial charge in [0.25, 0.3) is 0 Å². The van der Waals surface area contributed by atoms with Gasteiger partial charge in [0.2, 0.25) is 5.78 Å². The number of carbonyl (C=O) groups excluding carboxylic acids is 1. The summed E-state index contributed by atoms with van der Waals surface area (Å²) < 4.78 is 86.3. The summed E-state index contributed by atoms with van der Waals surface area (Å²) >= 11 is 0. The molecule has 0 unspecified atom stereocenters. The second-order valence-corrected chi connectivity index (χ2v) is 16.8. The molecule has 15 nitrogen and oxygen atoms in total. The third-order valence-corrected chi connectivity index (χ3v) is 12.6. The molecule has 0 N–H and O–H groups in total. The van der Waals surface area contributed by atoms with Crippen LogP contribution >= 0.6 is 17.2 Å². The Balaban J connectivity index is 0.968. The van der Waals surface area contributed by atoms with Crippen LogP contribution < -0.4 is 27.1 Å². The second kappa shape index (κ2) is 21.3. The van der Waals surface area contributed by atoms with E-state index in [4.69, 9.17) is 65.0 Å². The van der Waals surface area contributed by atoms with Crippen LogP contribution in [0, 0.1) is 0 Å². The molecule has 0 aromatic heterocycles. The maximum absolute atomic E-state index is 15.0. The van der Waals surface area contributed by atoms with Gasteiger partial charge >= 0.3 is 17.2 Å². The minimum atomic E-state index is -2.34. The molecular weight excluding hydrogens is 890 g/mol. The Morgan fingerprint density at radius 3 is 0.803 bits per heavy atom. The van der Waals surface area contributed by atoms with Crippen molar-refractivity contribution in [2.24, 2.45) is 0 Å². The van der Waals surface area contributed by atoms with Gasteiger partial charge in [0.15, 0.2) is 25.2 Å². The van der Waals surface area contributed by atoms with Crippen LogP contribution in [-0.2, 0) is 37.9 Å². The van der Waals surface area contributed by atoms with Crippen LogP contribution in [0.2, 0.25) is 0 Å². The monoisotopic (exact) mass is 934 g/mol. The van der Waals surface area contributed by atoms with Gasteiger partial charge in [0.05, 0.1) is 86.2 Å². The van der Waals surface area contributed by atoms with Gasteiger partial charge in [-0.3, -0.25) is 4.79 Å². The molecule has 340 valence electrons. The van der Waals surface area contributed by atoms with Crippen LogP contribution in [0.15, 0.2) is 146 Å². The van der Waals surface area contributed by atoms with E-state index in [0.717, 1.165) is 0 Å². The zero-order valence-corrected chi connectivity index (χ0v) is 37.1. The van der Waals surface area contributed by atoms with Gasteiger partial charge in [-0.25, -0.2) is 0 Å². The SMILES string of the molecule is O=C(c1ccccc1OP(Oc1ccccc1C1OCCO1)Oc1ccccc1C1OCCO1)c1ccccc1OP(Oc1ccccc1C1OCCO1)Oc1ccccc1C1OCCO1. The molecule has 4 heterocycles. The highest BCUT2D eigenvalue weighted by Crippen LogP contribution is 2.50. The highest BCUT2D eigenvalue weighted by atomic mass is 31.2. The highest BCUT2D eigenvalue weighted by Gasteiger charge is 2.33. The van der Waals surface area contributed by atoms with Gasteiger partial charge in [-0.15, -0.1) is 0 Å². The zero-order chi connectivity index (χ0) is 44.5. The fourth-order valence-electron chi connectivity index (χ4n) is 7.39. The fraction of sp³-hybridized carbons (Fsp3) is 0.245. The summed E-state index contributed by atoms with van der Waals surface area (Å²) in [6.45, 7) is 3.49. The van der Waals surface area contributed by atoms with E-state index in [1.807, 2.05) is 72.8 Å². The molecule has 6 aromatic rings. The maximum Gasteiger partial charge on any atom is 0.530 e. The largest absolute Gasteiger partial charge is 0.530 e. The Morgan fingerprint density at radius 2 is 0.530 bits per heavy atom. The molecule has 0 amide bonds. The summed E-state index contributed by atoms with van der Waals surface area (Å²) in [6.07, 6.45) is -2.59. The van der Waals surface area contributed by atoms with E-state index in [0.29, 0.717) is 98.1 Å². The average Bonchev–Trinajstić information content (AvgIpc) is 4.22. The Hall–Kier alpha value is -5.67. The first-order valence-electron chi connectivity index (χ1n) is 21.3. The average molecular weight is 935 g/mol. The van der Waals surface area contributed by atoms with Crippen LogP contribution in [0.1, 0.15) is 63.3 Å². The van der Waals surface area contributed by atoms with Gasteiger partial charge in [0.1, 0.15) is 34.5 Å². The van der Waals surface area contributed by atoms with E-state index >= 15 is 0 Å². The van der Waals surface area contributed by atoms with Crippen molar-refractivity contribution in [2.45, 2.75) is 25.2 Å². The summed E-state index contributed by atoms with van der Waals surface area (Å²) in [5, 5.41) is 0. The summed E-state index contributed by atoms with van der Waals surface area (Å²) in [6, 6.07) is 43.0. The molecule has 17 heteroatoms. The first-order chi connectivity index (χ1) is 32.6. The number of ether oxygens (including phenoxy) is 8. The van der Waals surface area contributed by atoms with Crippen LogP contribution in [-0.4, -0.2) is 58.6 Å². The van der Waals surface area contributed by atoms with E-state index < -0.39 is 48.1 Å². The minimum Gasteiger partial charge on any atom is -0.408 e. The van der Waals surface area contributed by atoms with Crippen LogP contribution in [0.5, 0.6) is 34.5 Å². The molecule has 6 aromatic carbocycles. The number of hydrogen-bond donors (Lipinski definition) is 0. The second-order valence-electron chi connectivity index (χ2n) is 14.8. The maximum atomic E-state index is 15.0. The lowest BCUT2D eigenvalue weighted by atomic mass is 10.0. The number of ketones is 1. The lowest BCUT2D eigenvalue weighted by molar-refractivity contribution is -0.0456. The first kappa shape index (κ1) is 44.2. The number of para-hydroxylation sites is 6. The predicted molar refractivity (Wildman–Crippen MR) is 238 cm³/mol. The number of carbonyl (C=O) groups is 1. The summed E-state index contributed by atoms with van der Waals surface area (Å²) in [5.74, 6) is 1.61. The lowest BCUT2D eigenvalue weighted by Crippen LogP contribution is -2.11. The van der Waals surface area contributed by atoms with Crippen LogP contribution in [0.3, 0.4) is 0 Å². The smallest absolute Gasteiger partial charge is 0.408 e. The van der Waals surface area contributed by atoms with Crippen molar-refractivity contribution in [3.63, 3.8) is 0 Å². The Morgan fingerprint density at radius 1 is 0.318 bits per heavy atom. The Labute approximate surface area is 383 Å². The molecule has 4 aliphatic heterocycles.